The van der Waals surface area contributed by atoms with Crippen molar-refractivity contribution < 1.29 is 34.0 Å². The topological polar surface area (TPSA) is 104 Å². The molecular weight excluding hydrogens is 379 g/mol. The first kappa shape index (κ1) is 19.6. The van der Waals surface area contributed by atoms with E-state index in [1.165, 1.54) is 0 Å². The molecule has 0 amide bonds. The van der Waals surface area contributed by atoms with Crippen LogP contribution in [0.2, 0.25) is 0 Å². The molecule has 29 heavy (non-hydrogen) atoms. The predicted octanol–water partition coefficient (Wildman–Crippen LogP) is 2.51. The largest absolute Gasteiger partial charge is 0.481 e. The minimum absolute atomic E-state index is 0.0366. The second-order valence-electron chi connectivity index (χ2n) is 10.2. The Morgan fingerprint density at radius 2 is 2.03 bits per heavy atom. The van der Waals surface area contributed by atoms with E-state index in [1.54, 1.807) is 6.08 Å². The smallest absolute Gasteiger partial charge is 0.303 e. The van der Waals surface area contributed by atoms with Gasteiger partial charge in [-0.05, 0) is 56.9 Å². The van der Waals surface area contributed by atoms with E-state index in [4.69, 9.17) is 9.84 Å². The first-order chi connectivity index (χ1) is 13.6. The minimum atomic E-state index is -1.71. The number of aliphatic carboxylic acids is 1. The van der Waals surface area contributed by atoms with Crippen molar-refractivity contribution in [2.75, 3.05) is 0 Å². The molecule has 7 heteroatoms. The van der Waals surface area contributed by atoms with Crippen LogP contribution in [-0.4, -0.2) is 50.7 Å². The number of aliphatic hydroxyl groups is 2. The molecule has 0 aromatic heterocycles. The lowest BCUT2D eigenvalue weighted by Crippen LogP contribution is -2.67. The molecule has 2 bridgehead atoms. The van der Waals surface area contributed by atoms with E-state index < -0.39 is 40.5 Å². The van der Waals surface area contributed by atoms with Crippen LogP contribution in [0.5, 0.6) is 0 Å². The number of halogens is 1. The number of alkyl halides is 1. The third kappa shape index (κ3) is 2.16. The van der Waals surface area contributed by atoms with Crippen LogP contribution in [0.15, 0.2) is 11.6 Å². The van der Waals surface area contributed by atoms with Crippen molar-refractivity contribution in [3.8, 4) is 0 Å². The number of hydrogen-bond acceptors (Lipinski definition) is 5. The summed E-state index contributed by atoms with van der Waals surface area (Å²) in [6.07, 6.45) is 2.32. The van der Waals surface area contributed by atoms with Crippen molar-refractivity contribution in [3.05, 3.63) is 11.6 Å². The van der Waals surface area contributed by atoms with Crippen LogP contribution in [0.25, 0.3) is 0 Å². The van der Waals surface area contributed by atoms with Crippen molar-refractivity contribution in [2.24, 2.45) is 22.7 Å². The number of carbonyl (C=O) groups excluding carboxylic acids is 1. The summed E-state index contributed by atoms with van der Waals surface area (Å²) in [7, 11) is 0. The molecule has 1 saturated heterocycles. The zero-order chi connectivity index (χ0) is 20.8. The normalized spacial score (nSPS) is 53.1. The summed E-state index contributed by atoms with van der Waals surface area (Å²) < 4.78 is 23.0. The van der Waals surface area contributed by atoms with Gasteiger partial charge in [0.15, 0.2) is 12.1 Å². The van der Waals surface area contributed by atoms with Gasteiger partial charge in [-0.25, -0.2) is 4.39 Å². The molecule has 1 heterocycles. The number of carboxylic acid groups (broad SMARTS) is 1. The van der Waals surface area contributed by atoms with Gasteiger partial charge in [-0.2, -0.15) is 0 Å². The maximum atomic E-state index is 17.2. The van der Waals surface area contributed by atoms with Crippen molar-refractivity contribution in [2.45, 2.75) is 88.4 Å². The molecule has 0 aromatic rings. The molecule has 3 saturated carbocycles. The number of ether oxygens (including phenoxy) is 1. The maximum absolute atomic E-state index is 17.2. The molecule has 4 fully saturated rings. The van der Waals surface area contributed by atoms with Crippen LogP contribution in [0.4, 0.5) is 4.39 Å². The molecule has 4 aliphatic carbocycles. The summed E-state index contributed by atoms with van der Waals surface area (Å²) in [5.41, 5.74) is -4.06. The average Bonchev–Trinajstić information content (AvgIpc) is 3.14. The zero-order valence-corrected chi connectivity index (χ0v) is 16.7. The number of fused-ring (bicyclic) bond motifs is 6. The van der Waals surface area contributed by atoms with E-state index in [1.807, 2.05) is 6.92 Å². The van der Waals surface area contributed by atoms with Crippen LogP contribution in [0.1, 0.15) is 64.7 Å². The van der Waals surface area contributed by atoms with Gasteiger partial charge in [-0.1, -0.05) is 12.5 Å². The van der Waals surface area contributed by atoms with E-state index in [0.717, 1.165) is 5.57 Å². The summed E-state index contributed by atoms with van der Waals surface area (Å²) in [6.45, 7) is 1.89. The third-order valence-electron chi connectivity index (χ3n) is 9.39. The van der Waals surface area contributed by atoms with E-state index >= 15 is 4.39 Å². The van der Waals surface area contributed by atoms with Crippen LogP contribution in [0, 0.1) is 22.7 Å². The Hall–Kier alpha value is -1.31. The lowest BCUT2D eigenvalue weighted by molar-refractivity contribution is -0.199. The standard InChI is InChI=1S/C22H29FO6/c1-19-7-4-13(24)10-12(19)2-3-15-14-5-8-20(28,9-6-17(25)26)21(14)11-16(22(15,19)23)29-18(21)27/h10,14-16,18,27-28H,2-9,11H2,1H3,(H,25,26)/t14-,15-,16?,18?,19-,20+,21-,22-/m0/s1. The summed E-state index contributed by atoms with van der Waals surface area (Å²) >= 11 is 0. The maximum Gasteiger partial charge on any atom is 0.303 e. The first-order valence-electron chi connectivity index (χ1n) is 10.8. The van der Waals surface area contributed by atoms with Gasteiger partial charge in [-0.15, -0.1) is 0 Å². The Balaban J connectivity index is 1.59. The highest BCUT2D eigenvalue weighted by molar-refractivity contribution is 5.91. The Morgan fingerprint density at radius 3 is 2.76 bits per heavy atom. The van der Waals surface area contributed by atoms with Gasteiger partial charge in [-0.3, -0.25) is 9.59 Å². The van der Waals surface area contributed by atoms with Gasteiger partial charge in [0.1, 0.15) is 5.67 Å². The number of hydrogen-bond donors (Lipinski definition) is 3. The molecular formula is C22H29FO6. The van der Waals surface area contributed by atoms with Gasteiger partial charge in [0.25, 0.3) is 0 Å². The van der Waals surface area contributed by atoms with Crippen LogP contribution < -0.4 is 0 Å². The monoisotopic (exact) mass is 408 g/mol. The third-order valence-corrected chi connectivity index (χ3v) is 9.39. The average molecular weight is 408 g/mol. The second-order valence-corrected chi connectivity index (χ2v) is 10.2. The number of carboxylic acids is 1. The van der Waals surface area contributed by atoms with E-state index in [0.29, 0.717) is 38.5 Å². The Kier molecular flexibility index (Phi) is 3.99. The van der Waals surface area contributed by atoms with Crippen molar-refractivity contribution in [3.63, 3.8) is 0 Å². The Labute approximate surface area is 169 Å². The van der Waals surface area contributed by atoms with Gasteiger partial charge in [0.2, 0.25) is 0 Å². The molecule has 8 atom stereocenters. The number of rotatable bonds is 3. The van der Waals surface area contributed by atoms with Gasteiger partial charge >= 0.3 is 5.97 Å². The highest BCUT2D eigenvalue weighted by atomic mass is 19.1. The molecule has 1 aliphatic heterocycles. The quantitative estimate of drug-likeness (QED) is 0.663. The fourth-order valence-corrected chi connectivity index (χ4v) is 7.96. The number of carbonyl (C=O) groups is 2. The minimum Gasteiger partial charge on any atom is -0.481 e. The van der Waals surface area contributed by atoms with Crippen LogP contribution >= 0.6 is 0 Å². The number of aliphatic hydroxyl groups excluding tert-OH is 1. The molecule has 0 radical (unpaired) electrons. The second kappa shape index (κ2) is 5.89. The SMILES string of the molecule is C[C@]12CCC(=O)C=C1CC[C@H]1[C@@H]3CC[C@@](O)(CCC(=O)O)[C@@]34CC(OC4O)[C@@]12F. The fraction of sp³-hybridized carbons (Fsp3) is 0.818. The molecule has 1 spiro atoms. The van der Waals surface area contributed by atoms with E-state index in [2.05, 4.69) is 0 Å². The van der Waals surface area contributed by atoms with Gasteiger partial charge in [0.05, 0.1) is 17.1 Å². The van der Waals surface area contributed by atoms with E-state index in [9.17, 15) is 19.8 Å². The van der Waals surface area contributed by atoms with Crippen molar-refractivity contribution in [1.82, 2.24) is 0 Å². The predicted molar refractivity (Wildman–Crippen MR) is 99.5 cm³/mol. The molecule has 160 valence electrons. The molecule has 5 rings (SSSR count). The molecule has 5 aliphatic rings. The molecule has 3 N–H and O–H groups in total. The molecule has 0 aromatic carbocycles. The summed E-state index contributed by atoms with van der Waals surface area (Å²) in [5, 5.41) is 31.6. The number of ketones is 1. The highest BCUT2D eigenvalue weighted by Gasteiger charge is 2.79. The highest BCUT2D eigenvalue weighted by Crippen LogP contribution is 2.74. The van der Waals surface area contributed by atoms with Crippen molar-refractivity contribution in [1.29, 1.82) is 0 Å². The fourth-order valence-electron chi connectivity index (χ4n) is 7.96. The van der Waals surface area contributed by atoms with Crippen molar-refractivity contribution >= 4 is 11.8 Å². The lowest BCUT2D eigenvalue weighted by Gasteiger charge is -2.61. The Morgan fingerprint density at radius 1 is 1.28 bits per heavy atom. The summed E-state index contributed by atoms with van der Waals surface area (Å²) in [6, 6.07) is 0. The van der Waals surface area contributed by atoms with E-state index in [-0.39, 0.29) is 36.9 Å². The molecule has 6 nitrogen and oxygen atoms in total. The molecule has 2 unspecified atom stereocenters. The Bertz CT molecular complexity index is 811. The van der Waals surface area contributed by atoms with Crippen LogP contribution in [0.3, 0.4) is 0 Å². The summed E-state index contributed by atoms with van der Waals surface area (Å²) in [4.78, 5) is 23.1. The first-order valence-corrected chi connectivity index (χ1v) is 10.8. The lowest BCUT2D eigenvalue weighted by atomic mass is 9.44. The zero-order valence-electron chi connectivity index (χ0n) is 16.7. The van der Waals surface area contributed by atoms with Crippen LogP contribution in [-0.2, 0) is 14.3 Å². The van der Waals surface area contributed by atoms with Gasteiger partial charge in [0, 0.05) is 24.2 Å². The number of allylic oxidation sites excluding steroid dienone is 1. The summed E-state index contributed by atoms with van der Waals surface area (Å²) in [5.74, 6) is -1.60. The van der Waals surface area contributed by atoms with Gasteiger partial charge < -0.3 is 20.1 Å².